The van der Waals surface area contributed by atoms with Gasteiger partial charge in [0.25, 0.3) is 5.91 Å². The van der Waals surface area contributed by atoms with Gasteiger partial charge in [0.2, 0.25) is 0 Å². The van der Waals surface area contributed by atoms with E-state index in [2.05, 4.69) is 19.2 Å². The average molecular weight is 298 g/mol. The highest BCUT2D eigenvalue weighted by atomic mass is 16.5. The van der Waals surface area contributed by atoms with E-state index in [4.69, 9.17) is 10.5 Å². The minimum absolute atomic E-state index is 0.120. The summed E-state index contributed by atoms with van der Waals surface area (Å²) in [5.74, 6) is 1.08. The van der Waals surface area contributed by atoms with Crippen molar-refractivity contribution in [2.45, 2.75) is 19.8 Å². The van der Waals surface area contributed by atoms with Gasteiger partial charge < -0.3 is 15.8 Å². The Morgan fingerprint density at radius 3 is 2.27 bits per heavy atom. The number of carbonyl (C=O) groups is 1. The van der Waals surface area contributed by atoms with E-state index in [1.54, 1.807) is 0 Å². The lowest BCUT2D eigenvalue weighted by Gasteiger charge is -2.09. The van der Waals surface area contributed by atoms with Gasteiger partial charge in [-0.1, -0.05) is 26.0 Å². The largest absolute Gasteiger partial charge is 0.492 e. The van der Waals surface area contributed by atoms with Gasteiger partial charge in [0.1, 0.15) is 12.4 Å². The maximum atomic E-state index is 12.2. The van der Waals surface area contributed by atoms with Gasteiger partial charge in [-0.15, -0.1) is 0 Å². The van der Waals surface area contributed by atoms with Crippen molar-refractivity contribution in [1.29, 1.82) is 0 Å². The zero-order valence-electron chi connectivity index (χ0n) is 13.0. The lowest BCUT2D eigenvalue weighted by Crippen LogP contribution is -2.12. The lowest BCUT2D eigenvalue weighted by atomic mass is 10.0. The minimum atomic E-state index is -0.120. The molecule has 0 unspecified atom stereocenters. The predicted octanol–water partition coefficient (Wildman–Crippen LogP) is 3.40. The van der Waals surface area contributed by atoms with Crippen LogP contribution in [0.25, 0.3) is 0 Å². The molecule has 2 aromatic carbocycles. The summed E-state index contributed by atoms with van der Waals surface area (Å²) in [6.45, 7) is 5.21. The number of amides is 1. The van der Waals surface area contributed by atoms with Gasteiger partial charge in [-0.05, 0) is 47.9 Å². The Hall–Kier alpha value is -2.33. The van der Waals surface area contributed by atoms with Crippen LogP contribution in [0.4, 0.5) is 5.69 Å². The van der Waals surface area contributed by atoms with Gasteiger partial charge in [0.15, 0.2) is 0 Å². The fourth-order valence-electron chi connectivity index (χ4n) is 2.03. The number of rotatable bonds is 6. The summed E-state index contributed by atoms with van der Waals surface area (Å²) in [5, 5.41) is 2.87. The maximum absolute atomic E-state index is 12.2. The Balaban J connectivity index is 1.99. The molecule has 22 heavy (non-hydrogen) atoms. The molecule has 0 heterocycles. The van der Waals surface area contributed by atoms with E-state index in [0.29, 0.717) is 24.6 Å². The molecule has 0 aliphatic carbocycles. The zero-order valence-corrected chi connectivity index (χ0v) is 13.0. The van der Waals surface area contributed by atoms with Crippen molar-refractivity contribution in [1.82, 2.24) is 0 Å². The van der Waals surface area contributed by atoms with Crippen molar-refractivity contribution in [2.24, 2.45) is 5.73 Å². The third-order valence-corrected chi connectivity index (χ3v) is 3.34. The second kappa shape index (κ2) is 7.61. The van der Waals surface area contributed by atoms with Gasteiger partial charge in [0, 0.05) is 17.8 Å². The number of benzene rings is 2. The summed E-state index contributed by atoms with van der Waals surface area (Å²) >= 11 is 0. The first-order valence-electron chi connectivity index (χ1n) is 7.44. The molecule has 0 saturated heterocycles. The molecule has 1 amide bonds. The van der Waals surface area contributed by atoms with Gasteiger partial charge in [-0.25, -0.2) is 0 Å². The van der Waals surface area contributed by atoms with Crippen molar-refractivity contribution >= 4 is 11.6 Å². The smallest absolute Gasteiger partial charge is 0.255 e. The molecule has 3 N–H and O–H groups in total. The third-order valence-electron chi connectivity index (χ3n) is 3.34. The van der Waals surface area contributed by atoms with Crippen LogP contribution < -0.4 is 15.8 Å². The summed E-state index contributed by atoms with van der Waals surface area (Å²) < 4.78 is 5.40. The molecule has 2 aromatic rings. The fourth-order valence-corrected chi connectivity index (χ4v) is 2.03. The van der Waals surface area contributed by atoms with Crippen LogP contribution in [0.1, 0.15) is 35.7 Å². The third kappa shape index (κ3) is 4.33. The SMILES string of the molecule is CC(C)c1ccc(C(=O)Nc2ccc(OCCN)cc2)cc1. The summed E-state index contributed by atoms with van der Waals surface area (Å²) in [6.07, 6.45) is 0. The first-order chi connectivity index (χ1) is 10.6. The number of carbonyl (C=O) groups excluding carboxylic acids is 1. The number of nitrogens with two attached hydrogens (primary N) is 1. The molecular weight excluding hydrogens is 276 g/mol. The molecule has 0 atom stereocenters. The van der Waals surface area contributed by atoms with Crippen LogP contribution >= 0.6 is 0 Å². The van der Waals surface area contributed by atoms with Crippen LogP contribution in [-0.4, -0.2) is 19.1 Å². The number of hydrogen-bond acceptors (Lipinski definition) is 3. The normalized spacial score (nSPS) is 10.5. The van der Waals surface area contributed by atoms with E-state index >= 15 is 0 Å². The number of hydrogen-bond donors (Lipinski definition) is 2. The van der Waals surface area contributed by atoms with Crippen LogP contribution in [0.5, 0.6) is 5.75 Å². The fraction of sp³-hybridized carbons (Fsp3) is 0.278. The van der Waals surface area contributed by atoms with Crippen molar-refractivity contribution in [3.8, 4) is 5.75 Å². The molecule has 2 rings (SSSR count). The van der Waals surface area contributed by atoms with Crippen molar-refractivity contribution in [3.63, 3.8) is 0 Å². The van der Waals surface area contributed by atoms with Gasteiger partial charge >= 0.3 is 0 Å². The molecule has 0 aromatic heterocycles. The van der Waals surface area contributed by atoms with Crippen molar-refractivity contribution in [3.05, 3.63) is 59.7 Å². The number of ether oxygens (including phenoxy) is 1. The van der Waals surface area contributed by atoms with Crippen molar-refractivity contribution in [2.75, 3.05) is 18.5 Å². The van der Waals surface area contributed by atoms with Gasteiger partial charge in [-0.2, -0.15) is 0 Å². The monoisotopic (exact) mass is 298 g/mol. The molecule has 0 aliphatic heterocycles. The topological polar surface area (TPSA) is 64.3 Å². The van der Waals surface area contributed by atoms with Crippen LogP contribution in [0.3, 0.4) is 0 Å². The summed E-state index contributed by atoms with van der Waals surface area (Å²) in [4.78, 5) is 12.2. The van der Waals surface area contributed by atoms with E-state index < -0.39 is 0 Å². The molecule has 0 spiro atoms. The summed E-state index contributed by atoms with van der Waals surface area (Å²) in [5.41, 5.74) is 7.98. The van der Waals surface area contributed by atoms with Gasteiger partial charge in [-0.3, -0.25) is 4.79 Å². The Bertz CT molecular complexity index is 604. The first kappa shape index (κ1) is 16.0. The number of anilines is 1. The Morgan fingerprint density at radius 2 is 1.73 bits per heavy atom. The molecule has 0 radical (unpaired) electrons. The Labute approximate surface area is 131 Å². The molecule has 0 saturated carbocycles. The van der Waals surface area contributed by atoms with Crippen LogP contribution in [0.15, 0.2) is 48.5 Å². The van der Waals surface area contributed by atoms with Crippen LogP contribution in [0.2, 0.25) is 0 Å². The molecule has 0 fully saturated rings. The van der Waals surface area contributed by atoms with Gasteiger partial charge in [0.05, 0.1) is 0 Å². The highest BCUT2D eigenvalue weighted by Crippen LogP contribution is 2.18. The van der Waals surface area contributed by atoms with Crippen molar-refractivity contribution < 1.29 is 9.53 Å². The summed E-state index contributed by atoms with van der Waals surface area (Å²) in [6, 6.07) is 14.9. The second-order valence-corrected chi connectivity index (χ2v) is 5.39. The highest BCUT2D eigenvalue weighted by molar-refractivity contribution is 6.04. The van der Waals surface area contributed by atoms with E-state index in [1.165, 1.54) is 5.56 Å². The first-order valence-corrected chi connectivity index (χ1v) is 7.44. The van der Waals surface area contributed by atoms with E-state index in [-0.39, 0.29) is 5.91 Å². The van der Waals surface area contributed by atoms with Crippen LogP contribution in [0, 0.1) is 0 Å². The zero-order chi connectivity index (χ0) is 15.9. The molecule has 0 bridgehead atoms. The maximum Gasteiger partial charge on any atom is 0.255 e. The second-order valence-electron chi connectivity index (χ2n) is 5.39. The Kier molecular flexibility index (Phi) is 5.55. The standard InChI is InChI=1S/C18H22N2O2/c1-13(2)14-3-5-15(6-4-14)18(21)20-16-7-9-17(10-8-16)22-12-11-19/h3-10,13H,11-12,19H2,1-2H3,(H,20,21). The van der Waals surface area contributed by atoms with Crippen LogP contribution in [-0.2, 0) is 0 Å². The molecule has 0 aliphatic rings. The van der Waals surface area contributed by atoms with E-state index in [1.807, 2.05) is 48.5 Å². The number of nitrogens with one attached hydrogen (secondary N) is 1. The summed E-state index contributed by atoms with van der Waals surface area (Å²) in [7, 11) is 0. The Morgan fingerprint density at radius 1 is 1.09 bits per heavy atom. The van der Waals surface area contributed by atoms with E-state index in [9.17, 15) is 4.79 Å². The predicted molar refractivity (Wildman–Crippen MR) is 89.5 cm³/mol. The quantitative estimate of drug-likeness (QED) is 0.859. The molecule has 4 heteroatoms. The minimum Gasteiger partial charge on any atom is -0.492 e. The lowest BCUT2D eigenvalue weighted by molar-refractivity contribution is 0.102. The molecule has 116 valence electrons. The highest BCUT2D eigenvalue weighted by Gasteiger charge is 2.07. The molecular formula is C18H22N2O2. The van der Waals surface area contributed by atoms with E-state index in [0.717, 1.165) is 11.4 Å². The average Bonchev–Trinajstić information content (AvgIpc) is 2.54. The molecule has 4 nitrogen and oxygen atoms in total.